The first kappa shape index (κ1) is 18.4. The van der Waals surface area contributed by atoms with E-state index in [1.807, 2.05) is 62.4 Å². The molecule has 1 atom stereocenters. The monoisotopic (exact) mass is 380 g/mol. The van der Waals surface area contributed by atoms with Gasteiger partial charge in [-0.1, -0.05) is 31.2 Å². The largest absolute Gasteiger partial charge is 0.459 e. The van der Waals surface area contributed by atoms with E-state index in [1.165, 1.54) is 0 Å². The van der Waals surface area contributed by atoms with Gasteiger partial charge in [-0.05, 0) is 43.3 Å². The Morgan fingerprint density at radius 3 is 2.79 bits per heavy atom. The summed E-state index contributed by atoms with van der Waals surface area (Å²) in [6.45, 7) is 5.99. The molecule has 0 spiro atoms. The van der Waals surface area contributed by atoms with Gasteiger partial charge < -0.3 is 19.2 Å². The van der Waals surface area contributed by atoms with Crippen molar-refractivity contribution in [3.63, 3.8) is 0 Å². The lowest BCUT2D eigenvalue weighted by Crippen LogP contribution is -2.37. The Balaban J connectivity index is 1.36. The smallest absolute Gasteiger partial charge is 0.234 e. The van der Waals surface area contributed by atoms with Gasteiger partial charge in [-0.3, -0.25) is 9.69 Å². The van der Waals surface area contributed by atoms with Crippen LogP contribution in [0.15, 0.2) is 52.9 Å². The summed E-state index contributed by atoms with van der Waals surface area (Å²) in [6.07, 6.45) is 0. The van der Waals surface area contributed by atoms with Crippen molar-refractivity contribution in [3.05, 3.63) is 59.9 Å². The van der Waals surface area contributed by atoms with Crippen molar-refractivity contribution in [2.45, 2.75) is 26.4 Å². The first-order valence-corrected chi connectivity index (χ1v) is 9.51. The van der Waals surface area contributed by atoms with E-state index in [2.05, 4.69) is 10.2 Å². The van der Waals surface area contributed by atoms with Crippen LogP contribution in [0.25, 0.3) is 11.0 Å². The number of likely N-dealkylation sites (N-methyl/N-ethyl adjacent to an activating group) is 1. The van der Waals surface area contributed by atoms with Gasteiger partial charge in [-0.15, -0.1) is 0 Å². The SMILES string of the molecule is CCN(CC(=O)NC(C)c1cc2ccccc2o1)Cc1ccc2c(c1)OCO2. The minimum absolute atomic E-state index is 0.0319. The summed E-state index contributed by atoms with van der Waals surface area (Å²) in [7, 11) is 0. The van der Waals surface area contributed by atoms with Crippen molar-refractivity contribution in [2.75, 3.05) is 19.9 Å². The number of carbonyl (C=O) groups is 1. The third-order valence-electron chi connectivity index (χ3n) is 4.91. The van der Waals surface area contributed by atoms with E-state index >= 15 is 0 Å². The molecule has 0 aliphatic carbocycles. The summed E-state index contributed by atoms with van der Waals surface area (Å²) >= 11 is 0. The van der Waals surface area contributed by atoms with E-state index < -0.39 is 0 Å². The molecule has 0 bridgehead atoms. The van der Waals surface area contributed by atoms with Crippen LogP contribution in [-0.2, 0) is 11.3 Å². The van der Waals surface area contributed by atoms with E-state index in [4.69, 9.17) is 13.9 Å². The van der Waals surface area contributed by atoms with Crippen molar-refractivity contribution in [3.8, 4) is 11.5 Å². The summed E-state index contributed by atoms with van der Waals surface area (Å²) in [5, 5.41) is 4.07. The summed E-state index contributed by atoms with van der Waals surface area (Å²) in [6, 6.07) is 15.5. The fourth-order valence-corrected chi connectivity index (χ4v) is 3.35. The number of para-hydroxylation sites is 1. The Bertz CT molecular complexity index is 949. The lowest BCUT2D eigenvalue weighted by Gasteiger charge is -2.21. The highest BCUT2D eigenvalue weighted by Gasteiger charge is 2.18. The molecule has 146 valence electrons. The molecule has 1 amide bonds. The minimum atomic E-state index is -0.191. The number of fused-ring (bicyclic) bond motifs is 2. The molecular weight excluding hydrogens is 356 g/mol. The molecule has 0 saturated carbocycles. The van der Waals surface area contributed by atoms with Crippen LogP contribution in [0, 0.1) is 0 Å². The second-order valence-electron chi connectivity index (χ2n) is 6.97. The predicted octanol–water partition coefficient (Wildman–Crippen LogP) is 3.86. The zero-order valence-electron chi connectivity index (χ0n) is 16.1. The van der Waals surface area contributed by atoms with Crippen LogP contribution in [0.3, 0.4) is 0 Å². The maximum Gasteiger partial charge on any atom is 0.234 e. The molecule has 1 aliphatic rings. The van der Waals surface area contributed by atoms with Gasteiger partial charge in [0.15, 0.2) is 11.5 Å². The van der Waals surface area contributed by atoms with Gasteiger partial charge in [0.05, 0.1) is 12.6 Å². The number of nitrogens with zero attached hydrogens (tertiary/aromatic N) is 1. The van der Waals surface area contributed by atoms with Crippen molar-refractivity contribution in [1.29, 1.82) is 0 Å². The van der Waals surface area contributed by atoms with Gasteiger partial charge in [-0.2, -0.15) is 0 Å². The van der Waals surface area contributed by atoms with Crippen LogP contribution in [0.2, 0.25) is 0 Å². The molecule has 2 aromatic carbocycles. The van der Waals surface area contributed by atoms with Gasteiger partial charge in [0.25, 0.3) is 0 Å². The van der Waals surface area contributed by atoms with E-state index in [0.29, 0.717) is 13.1 Å². The molecule has 0 fully saturated rings. The first-order chi connectivity index (χ1) is 13.6. The lowest BCUT2D eigenvalue weighted by atomic mass is 10.2. The molecule has 3 aromatic rings. The molecule has 2 heterocycles. The zero-order valence-corrected chi connectivity index (χ0v) is 16.1. The number of rotatable bonds is 7. The highest BCUT2D eigenvalue weighted by atomic mass is 16.7. The fraction of sp³-hybridized carbons (Fsp3) is 0.318. The van der Waals surface area contributed by atoms with E-state index in [1.54, 1.807) is 0 Å². The quantitative estimate of drug-likeness (QED) is 0.674. The first-order valence-electron chi connectivity index (χ1n) is 9.51. The second kappa shape index (κ2) is 7.94. The molecule has 1 aliphatic heterocycles. The number of furan rings is 1. The van der Waals surface area contributed by atoms with Gasteiger partial charge >= 0.3 is 0 Å². The third-order valence-corrected chi connectivity index (χ3v) is 4.91. The molecule has 1 aromatic heterocycles. The number of ether oxygens (including phenoxy) is 2. The second-order valence-corrected chi connectivity index (χ2v) is 6.97. The van der Waals surface area contributed by atoms with Crippen LogP contribution in [0.1, 0.15) is 31.2 Å². The highest BCUT2D eigenvalue weighted by molar-refractivity contribution is 5.80. The molecule has 0 saturated heterocycles. The normalized spacial score (nSPS) is 13.8. The van der Waals surface area contributed by atoms with Crippen LogP contribution in [-0.4, -0.2) is 30.7 Å². The molecule has 1 unspecified atom stereocenters. The zero-order chi connectivity index (χ0) is 19.5. The van der Waals surface area contributed by atoms with Crippen LogP contribution in [0.5, 0.6) is 11.5 Å². The number of hydrogen-bond donors (Lipinski definition) is 1. The lowest BCUT2D eigenvalue weighted by molar-refractivity contribution is -0.123. The van der Waals surface area contributed by atoms with Gasteiger partial charge in [-0.25, -0.2) is 0 Å². The Hall–Kier alpha value is -2.99. The topological polar surface area (TPSA) is 63.9 Å². The van der Waals surface area contributed by atoms with Crippen LogP contribution >= 0.6 is 0 Å². The molecule has 6 nitrogen and oxygen atoms in total. The third kappa shape index (κ3) is 3.97. The van der Waals surface area contributed by atoms with E-state index in [-0.39, 0.29) is 18.7 Å². The van der Waals surface area contributed by atoms with Crippen LogP contribution < -0.4 is 14.8 Å². The van der Waals surface area contributed by atoms with Crippen molar-refractivity contribution in [2.24, 2.45) is 0 Å². The number of nitrogens with one attached hydrogen (secondary N) is 1. The maximum atomic E-state index is 12.5. The van der Waals surface area contributed by atoms with Gasteiger partial charge in [0, 0.05) is 11.9 Å². The molecule has 1 N–H and O–H groups in total. The summed E-state index contributed by atoms with van der Waals surface area (Å²) in [5.74, 6) is 2.25. The van der Waals surface area contributed by atoms with E-state index in [9.17, 15) is 4.79 Å². The molecule has 0 radical (unpaired) electrons. The van der Waals surface area contributed by atoms with E-state index in [0.717, 1.165) is 40.3 Å². The average Bonchev–Trinajstić information content (AvgIpc) is 3.33. The summed E-state index contributed by atoms with van der Waals surface area (Å²) in [5.41, 5.74) is 1.92. The predicted molar refractivity (Wildman–Crippen MR) is 106 cm³/mol. The Morgan fingerprint density at radius 1 is 1.14 bits per heavy atom. The van der Waals surface area contributed by atoms with Crippen molar-refractivity contribution in [1.82, 2.24) is 10.2 Å². The molecule has 4 rings (SSSR count). The number of benzene rings is 2. The van der Waals surface area contributed by atoms with Gasteiger partial charge in [0.1, 0.15) is 11.3 Å². The summed E-state index contributed by atoms with van der Waals surface area (Å²) < 4.78 is 16.6. The van der Waals surface area contributed by atoms with Crippen LogP contribution in [0.4, 0.5) is 0 Å². The molecule has 28 heavy (non-hydrogen) atoms. The Morgan fingerprint density at radius 2 is 1.96 bits per heavy atom. The minimum Gasteiger partial charge on any atom is -0.459 e. The van der Waals surface area contributed by atoms with Crippen molar-refractivity contribution < 1.29 is 18.7 Å². The Labute approximate surface area is 164 Å². The molecule has 6 heteroatoms. The maximum absolute atomic E-state index is 12.5. The number of hydrogen-bond acceptors (Lipinski definition) is 5. The fourth-order valence-electron chi connectivity index (χ4n) is 3.35. The van der Waals surface area contributed by atoms with Gasteiger partial charge in [0.2, 0.25) is 12.7 Å². The van der Waals surface area contributed by atoms with Crippen molar-refractivity contribution >= 4 is 16.9 Å². The Kier molecular flexibility index (Phi) is 5.21. The average molecular weight is 380 g/mol. The number of amides is 1. The highest BCUT2D eigenvalue weighted by Crippen LogP contribution is 2.32. The summed E-state index contributed by atoms with van der Waals surface area (Å²) in [4.78, 5) is 14.6. The number of carbonyl (C=O) groups excluding carboxylic acids is 1. The standard InChI is InChI=1S/C22H24N2O4/c1-3-24(12-16-8-9-19-21(10-16)27-14-26-19)13-22(25)23-15(2)20-11-17-6-4-5-7-18(17)28-20/h4-11,15H,3,12-14H2,1-2H3,(H,23,25). The molecular formula is C22H24N2O4.